The molecule has 2 heterocycles. The summed E-state index contributed by atoms with van der Waals surface area (Å²) in [6.07, 6.45) is 4.39. The van der Waals surface area contributed by atoms with Crippen LogP contribution < -0.4 is 10.6 Å². The Morgan fingerprint density at radius 2 is 1.88 bits per heavy atom. The first-order valence-corrected chi connectivity index (χ1v) is 9.12. The van der Waals surface area contributed by atoms with E-state index in [0.29, 0.717) is 21.9 Å². The third-order valence-corrected chi connectivity index (χ3v) is 4.53. The van der Waals surface area contributed by atoms with Crippen molar-refractivity contribution >= 4 is 33.4 Å². The number of rotatable bonds is 6. The third kappa shape index (κ3) is 4.54. The van der Waals surface area contributed by atoms with Gasteiger partial charge in [0.05, 0.1) is 10.2 Å². The smallest absolute Gasteiger partial charge is 0.225 e. The fraction of sp³-hybridized carbons (Fsp3) is 0.211. The van der Waals surface area contributed by atoms with Crippen molar-refractivity contribution in [2.24, 2.45) is 0 Å². The van der Waals surface area contributed by atoms with E-state index in [0.717, 1.165) is 17.7 Å². The Morgan fingerprint density at radius 1 is 1.12 bits per heavy atom. The molecule has 0 aliphatic carbocycles. The lowest BCUT2D eigenvalue weighted by Crippen LogP contribution is -2.16. The Hall–Kier alpha value is -2.54. The van der Waals surface area contributed by atoms with Crippen molar-refractivity contribution in [3.8, 4) is 11.3 Å². The summed E-state index contributed by atoms with van der Waals surface area (Å²) in [5.41, 5.74) is 2.30. The first-order valence-electron chi connectivity index (χ1n) is 8.33. The second kappa shape index (κ2) is 8.23. The number of pyridine rings is 1. The van der Waals surface area contributed by atoms with Crippen LogP contribution in [0, 0.1) is 5.82 Å². The molecule has 0 saturated carbocycles. The number of nitrogens with zero attached hydrogens (tertiary/aromatic N) is 3. The Labute approximate surface area is 160 Å². The van der Waals surface area contributed by atoms with E-state index in [9.17, 15) is 4.39 Å². The van der Waals surface area contributed by atoms with Crippen LogP contribution in [0.5, 0.6) is 0 Å². The zero-order valence-corrected chi connectivity index (χ0v) is 16.1. The predicted octanol–water partition coefficient (Wildman–Crippen LogP) is 5.39. The number of anilines is 3. The topological polar surface area (TPSA) is 62.7 Å². The van der Waals surface area contributed by atoms with Gasteiger partial charge in [-0.25, -0.2) is 9.37 Å². The van der Waals surface area contributed by atoms with Crippen LogP contribution in [-0.2, 0) is 0 Å². The Morgan fingerprint density at radius 3 is 2.58 bits per heavy atom. The number of aromatic nitrogens is 3. The maximum absolute atomic E-state index is 13.8. The molecule has 3 rings (SSSR count). The minimum absolute atomic E-state index is 0.237. The molecule has 1 atom stereocenters. The molecule has 0 saturated heterocycles. The molecule has 0 spiro atoms. The van der Waals surface area contributed by atoms with Crippen LogP contribution in [0.15, 0.2) is 53.3 Å². The van der Waals surface area contributed by atoms with E-state index in [2.05, 4.69) is 55.4 Å². The van der Waals surface area contributed by atoms with Gasteiger partial charge < -0.3 is 10.6 Å². The summed E-state index contributed by atoms with van der Waals surface area (Å²) in [5, 5.41) is 6.44. The molecule has 0 unspecified atom stereocenters. The van der Waals surface area contributed by atoms with Crippen molar-refractivity contribution in [1.82, 2.24) is 15.0 Å². The van der Waals surface area contributed by atoms with Crippen molar-refractivity contribution in [3.05, 3.63) is 59.1 Å². The van der Waals surface area contributed by atoms with Crippen LogP contribution in [0.3, 0.4) is 0 Å². The predicted molar refractivity (Wildman–Crippen MR) is 106 cm³/mol. The van der Waals surface area contributed by atoms with Gasteiger partial charge in [0.25, 0.3) is 0 Å². The van der Waals surface area contributed by atoms with Gasteiger partial charge in [-0.15, -0.1) is 0 Å². The summed E-state index contributed by atoms with van der Waals surface area (Å²) in [5.74, 6) is 0.768. The zero-order chi connectivity index (χ0) is 18.5. The number of halogens is 2. The van der Waals surface area contributed by atoms with Crippen LogP contribution in [0.2, 0.25) is 0 Å². The third-order valence-electron chi connectivity index (χ3n) is 3.88. The highest BCUT2D eigenvalue weighted by Crippen LogP contribution is 2.25. The molecule has 2 aromatic heterocycles. The maximum Gasteiger partial charge on any atom is 0.225 e. The summed E-state index contributed by atoms with van der Waals surface area (Å²) >= 11 is 3.16. The highest BCUT2D eigenvalue weighted by Gasteiger charge is 2.10. The van der Waals surface area contributed by atoms with Crippen molar-refractivity contribution in [3.63, 3.8) is 0 Å². The van der Waals surface area contributed by atoms with Crippen LogP contribution in [-0.4, -0.2) is 21.0 Å². The second-order valence-electron chi connectivity index (χ2n) is 5.91. The summed E-state index contributed by atoms with van der Waals surface area (Å²) in [7, 11) is 0. The highest BCUT2D eigenvalue weighted by atomic mass is 79.9. The minimum Gasteiger partial charge on any atom is -0.352 e. The van der Waals surface area contributed by atoms with E-state index < -0.39 is 0 Å². The molecule has 134 valence electrons. The van der Waals surface area contributed by atoms with Gasteiger partial charge in [0.15, 0.2) is 0 Å². The molecule has 26 heavy (non-hydrogen) atoms. The van der Waals surface area contributed by atoms with E-state index in [1.54, 1.807) is 24.5 Å². The molecular weight excluding hydrogens is 397 g/mol. The van der Waals surface area contributed by atoms with Gasteiger partial charge in [0, 0.05) is 35.8 Å². The van der Waals surface area contributed by atoms with Gasteiger partial charge in [-0.2, -0.15) is 4.98 Å². The quantitative estimate of drug-likeness (QED) is 0.564. The van der Waals surface area contributed by atoms with Crippen molar-refractivity contribution in [2.45, 2.75) is 26.3 Å². The van der Waals surface area contributed by atoms with Crippen LogP contribution >= 0.6 is 15.9 Å². The van der Waals surface area contributed by atoms with Crippen LogP contribution in [0.1, 0.15) is 20.3 Å². The molecule has 0 aliphatic heterocycles. The number of hydrogen-bond acceptors (Lipinski definition) is 5. The normalized spacial score (nSPS) is 11.8. The molecule has 0 radical (unpaired) electrons. The van der Waals surface area contributed by atoms with E-state index in [1.807, 2.05) is 18.2 Å². The second-order valence-corrected chi connectivity index (χ2v) is 6.76. The standard InChI is InChI=1S/C19H19BrFN5/c1-3-12(2)23-19-25-17(13-6-8-22-9-7-13)11-18(26-19)24-14-4-5-15(20)16(21)10-14/h4-12H,3H2,1-2H3,(H2,23,24,25,26)/t12-/m1/s1. The Balaban J connectivity index is 1.97. The van der Waals surface area contributed by atoms with E-state index in [-0.39, 0.29) is 11.9 Å². The van der Waals surface area contributed by atoms with Crippen molar-refractivity contribution in [1.29, 1.82) is 0 Å². The van der Waals surface area contributed by atoms with E-state index in [1.165, 1.54) is 6.07 Å². The molecule has 0 amide bonds. The van der Waals surface area contributed by atoms with E-state index >= 15 is 0 Å². The first kappa shape index (κ1) is 18.3. The lowest BCUT2D eigenvalue weighted by atomic mass is 10.2. The lowest BCUT2D eigenvalue weighted by molar-refractivity contribution is 0.622. The monoisotopic (exact) mass is 415 g/mol. The molecule has 1 aromatic carbocycles. The fourth-order valence-electron chi connectivity index (χ4n) is 2.29. The highest BCUT2D eigenvalue weighted by molar-refractivity contribution is 9.10. The van der Waals surface area contributed by atoms with E-state index in [4.69, 9.17) is 0 Å². The van der Waals surface area contributed by atoms with Gasteiger partial charge in [-0.1, -0.05) is 6.92 Å². The molecule has 3 aromatic rings. The van der Waals surface area contributed by atoms with Gasteiger partial charge in [0.2, 0.25) is 5.95 Å². The largest absolute Gasteiger partial charge is 0.352 e. The summed E-state index contributed by atoms with van der Waals surface area (Å²) in [4.78, 5) is 13.1. The van der Waals surface area contributed by atoms with Crippen LogP contribution in [0.25, 0.3) is 11.3 Å². The van der Waals surface area contributed by atoms with Gasteiger partial charge in [-0.05, 0) is 59.6 Å². The molecule has 7 heteroatoms. The molecule has 0 bridgehead atoms. The Kier molecular flexibility index (Phi) is 5.78. The van der Waals surface area contributed by atoms with Crippen LogP contribution in [0.4, 0.5) is 21.8 Å². The minimum atomic E-state index is -0.337. The molecule has 5 nitrogen and oxygen atoms in total. The first-order chi connectivity index (χ1) is 12.5. The molecule has 0 fully saturated rings. The SMILES string of the molecule is CC[C@@H](C)Nc1nc(Nc2ccc(Br)c(F)c2)cc(-c2ccncc2)n1. The van der Waals surface area contributed by atoms with Crippen molar-refractivity contribution in [2.75, 3.05) is 10.6 Å². The average Bonchev–Trinajstić information content (AvgIpc) is 2.65. The Bertz CT molecular complexity index is 888. The zero-order valence-electron chi connectivity index (χ0n) is 14.5. The molecular formula is C19H19BrFN5. The summed E-state index contributed by atoms with van der Waals surface area (Å²) < 4.78 is 14.2. The average molecular weight is 416 g/mol. The van der Waals surface area contributed by atoms with Gasteiger partial charge in [0.1, 0.15) is 11.6 Å². The number of nitrogens with one attached hydrogen (secondary N) is 2. The van der Waals surface area contributed by atoms with Crippen molar-refractivity contribution < 1.29 is 4.39 Å². The summed E-state index contributed by atoms with van der Waals surface area (Å²) in [6, 6.07) is 10.7. The maximum atomic E-state index is 13.8. The number of hydrogen-bond donors (Lipinski definition) is 2. The molecule has 2 N–H and O–H groups in total. The van der Waals surface area contributed by atoms with Gasteiger partial charge in [-0.3, -0.25) is 4.98 Å². The summed E-state index contributed by atoms with van der Waals surface area (Å²) in [6.45, 7) is 4.16. The molecule has 0 aliphatic rings. The number of benzene rings is 1. The fourth-order valence-corrected chi connectivity index (χ4v) is 2.54. The van der Waals surface area contributed by atoms with Gasteiger partial charge >= 0.3 is 0 Å². The lowest BCUT2D eigenvalue weighted by Gasteiger charge is -2.14.